The Bertz CT molecular complexity index is 840. The van der Waals surface area contributed by atoms with E-state index in [9.17, 15) is 0 Å². The van der Waals surface area contributed by atoms with Crippen molar-refractivity contribution in [2.24, 2.45) is 5.92 Å². The molecule has 0 bridgehead atoms. The maximum Gasteiger partial charge on any atom is 0.165 e. The summed E-state index contributed by atoms with van der Waals surface area (Å²) in [6, 6.07) is 11.0. The fourth-order valence-corrected chi connectivity index (χ4v) is 3.57. The number of benzene rings is 1. The monoisotopic (exact) mass is 349 g/mol. The highest BCUT2D eigenvalue weighted by atomic mass is 15.1. The molecule has 136 valence electrons. The van der Waals surface area contributed by atoms with Gasteiger partial charge in [-0.15, -0.1) is 6.58 Å². The molecule has 0 aliphatic heterocycles. The molecule has 1 unspecified atom stereocenters. The lowest BCUT2D eigenvalue weighted by Gasteiger charge is -2.26. The van der Waals surface area contributed by atoms with Crippen molar-refractivity contribution >= 4 is 17.0 Å². The van der Waals surface area contributed by atoms with Gasteiger partial charge in [0.05, 0.1) is 6.33 Å². The molecule has 0 spiro atoms. The van der Waals surface area contributed by atoms with Crippen LogP contribution in [-0.2, 0) is 6.42 Å². The van der Waals surface area contributed by atoms with Gasteiger partial charge in [-0.05, 0) is 37.2 Å². The fourth-order valence-electron chi connectivity index (χ4n) is 3.57. The Morgan fingerprint density at radius 2 is 1.96 bits per heavy atom. The van der Waals surface area contributed by atoms with Crippen molar-refractivity contribution in [2.75, 3.05) is 5.73 Å². The van der Waals surface area contributed by atoms with E-state index in [1.807, 2.05) is 12.4 Å². The van der Waals surface area contributed by atoms with Crippen molar-refractivity contribution in [1.29, 1.82) is 0 Å². The van der Waals surface area contributed by atoms with Gasteiger partial charge in [0.2, 0.25) is 0 Å². The Balaban J connectivity index is 1.86. The maximum atomic E-state index is 5.97. The third-order valence-corrected chi connectivity index (χ3v) is 4.96. The number of allylic oxidation sites excluding steroid dienone is 1. The Morgan fingerprint density at radius 3 is 2.73 bits per heavy atom. The number of nitrogens with zero attached hydrogens (tertiary/aromatic N) is 4. The van der Waals surface area contributed by atoms with Crippen LogP contribution in [-0.4, -0.2) is 19.5 Å². The van der Waals surface area contributed by atoms with Crippen LogP contribution in [0.4, 0.5) is 5.82 Å². The minimum absolute atomic E-state index is 0.319. The number of aromatic nitrogens is 4. The summed E-state index contributed by atoms with van der Waals surface area (Å²) in [7, 11) is 0. The predicted octanol–water partition coefficient (Wildman–Crippen LogP) is 4.57. The van der Waals surface area contributed by atoms with Gasteiger partial charge in [0.15, 0.2) is 11.5 Å². The second kappa shape index (κ2) is 8.61. The molecule has 3 aromatic rings. The number of rotatable bonds is 9. The van der Waals surface area contributed by atoms with Crippen LogP contribution in [0, 0.1) is 5.92 Å². The maximum absolute atomic E-state index is 5.97. The van der Waals surface area contributed by atoms with Crippen molar-refractivity contribution in [3.63, 3.8) is 0 Å². The van der Waals surface area contributed by atoms with E-state index >= 15 is 0 Å². The first-order chi connectivity index (χ1) is 12.7. The second-order valence-electron chi connectivity index (χ2n) is 6.89. The molecule has 0 amide bonds. The number of hydrogen-bond acceptors (Lipinski definition) is 4. The highest BCUT2D eigenvalue weighted by Gasteiger charge is 2.22. The molecule has 0 aliphatic carbocycles. The summed E-state index contributed by atoms with van der Waals surface area (Å²) in [6.07, 6.45) is 10.8. The summed E-state index contributed by atoms with van der Waals surface area (Å²) in [5.74, 6) is 0.893. The van der Waals surface area contributed by atoms with E-state index in [4.69, 9.17) is 5.73 Å². The molecule has 5 nitrogen and oxygen atoms in total. The Kier molecular flexibility index (Phi) is 6.00. The summed E-state index contributed by atoms with van der Waals surface area (Å²) in [4.78, 5) is 13.0. The molecular formula is C21H27N5. The quantitative estimate of drug-likeness (QED) is 0.453. The van der Waals surface area contributed by atoms with E-state index in [1.54, 1.807) is 0 Å². The predicted molar refractivity (Wildman–Crippen MR) is 107 cm³/mol. The molecule has 5 heteroatoms. The summed E-state index contributed by atoms with van der Waals surface area (Å²) >= 11 is 0. The minimum atomic E-state index is 0.319. The van der Waals surface area contributed by atoms with Gasteiger partial charge in [-0.25, -0.2) is 15.0 Å². The highest BCUT2D eigenvalue weighted by Crippen LogP contribution is 2.30. The Labute approximate surface area is 155 Å². The normalized spacial score (nSPS) is 13.6. The molecule has 0 saturated carbocycles. The fraction of sp³-hybridized carbons (Fsp3) is 0.381. The molecule has 0 saturated heterocycles. The van der Waals surface area contributed by atoms with Crippen molar-refractivity contribution in [2.45, 2.75) is 45.1 Å². The summed E-state index contributed by atoms with van der Waals surface area (Å²) < 4.78 is 2.19. The van der Waals surface area contributed by atoms with E-state index in [0.29, 0.717) is 23.3 Å². The summed E-state index contributed by atoms with van der Waals surface area (Å²) in [6.45, 7) is 6.13. The topological polar surface area (TPSA) is 69.6 Å². The smallest absolute Gasteiger partial charge is 0.165 e. The van der Waals surface area contributed by atoms with Crippen LogP contribution in [0.1, 0.15) is 44.2 Å². The number of hydrogen-bond donors (Lipinski definition) is 1. The van der Waals surface area contributed by atoms with E-state index < -0.39 is 0 Å². The summed E-state index contributed by atoms with van der Waals surface area (Å²) in [5.41, 5.74) is 8.84. The van der Waals surface area contributed by atoms with Crippen molar-refractivity contribution < 1.29 is 0 Å². The standard InChI is InChI=1S/C21H27N5/c1-3-4-5-9-12-18(16(2)13-17-10-7-6-8-11-17)26-15-25-19-20(22)23-14-24-21(19)26/h3,6-8,10-11,14-16,18H,1,4-5,9,12-13H2,2H3,(H2,22,23,24)/t16-,18?/m1/s1. The van der Waals surface area contributed by atoms with E-state index in [-0.39, 0.29) is 0 Å². The molecule has 2 heterocycles. The molecule has 0 aliphatic rings. The first-order valence-electron chi connectivity index (χ1n) is 9.28. The average molecular weight is 349 g/mol. The third-order valence-electron chi connectivity index (χ3n) is 4.96. The molecule has 3 rings (SSSR count). The van der Waals surface area contributed by atoms with Gasteiger partial charge in [-0.2, -0.15) is 0 Å². The Hall–Kier alpha value is -2.69. The largest absolute Gasteiger partial charge is 0.382 e. The van der Waals surface area contributed by atoms with Crippen molar-refractivity contribution in [1.82, 2.24) is 19.5 Å². The molecule has 2 N–H and O–H groups in total. The van der Waals surface area contributed by atoms with Gasteiger partial charge in [-0.3, -0.25) is 0 Å². The number of fused-ring (bicyclic) bond motifs is 1. The van der Waals surface area contributed by atoms with Gasteiger partial charge in [0.25, 0.3) is 0 Å². The van der Waals surface area contributed by atoms with Crippen LogP contribution in [0.15, 0.2) is 55.6 Å². The third kappa shape index (κ3) is 4.10. The summed E-state index contributed by atoms with van der Waals surface area (Å²) in [5, 5.41) is 0. The molecule has 1 aromatic carbocycles. The SMILES string of the molecule is C=CCCCCC([C@H](C)Cc1ccccc1)n1cnc2c(N)ncnc21. The van der Waals surface area contributed by atoms with Crippen LogP contribution >= 0.6 is 0 Å². The molecule has 26 heavy (non-hydrogen) atoms. The molecular weight excluding hydrogens is 322 g/mol. The molecule has 2 atom stereocenters. The molecule has 0 radical (unpaired) electrons. The van der Waals surface area contributed by atoms with Crippen molar-refractivity contribution in [3.8, 4) is 0 Å². The average Bonchev–Trinajstić information content (AvgIpc) is 3.08. The molecule has 0 fully saturated rings. The minimum Gasteiger partial charge on any atom is -0.382 e. The zero-order valence-electron chi connectivity index (χ0n) is 15.4. The number of anilines is 1. The van der Waals surface area contributed by atoms with Gasteiger partial charge < -0.3 is 10.3 Å². The van der Waals surface area contributed by atoms with Gasteiger partial charge >= 0.3 is 0 Å². The first-order valence-corrected chi connectivity index (χ1v) is 9.28. The number of imidazole rings is 1. The Morgan fingerprint density at radius 1 is 1.15 bits per heavy atom. The lowest BCUT2D eigenvalue weighted by atomic mass is 9.90. The lowest BCUT2D eigenvalue weighted by Crippen LogP contribution is -2.19. The number of nitrogens with two attached hydrogens (primary N) is 1. The number of nitrogen functional groups attached to an aromatic ring is 1. The zero-order chi connectivity index (χ0) is 18.4. The van der Waals surface area contributed by atoms with Crippen molar-refractivity contribution in [3.05, 3.63) is 61.2 Å². The number of unbranched alkanes of at least 4 members (excludes halogenated alkanes) is 2. The van der Waals surface area contributed by atoms with Crippen LogP contribution in [0.5, 0.6) is 0 Å². The van der Waals surface area contributed by atoms with Crippen LogP contribution in [0.3, 0.4) is 0 Å². The van der Waals surface area contributed by atoms with E-state index in [0.717, 1.165) is 37.8 Å². The van der Waals surface area contributed by atoms with E-state index in [1.165, 1.54) is 11.9 Å². The van der Waals surface area contributed by atoms with Gasteiger partial charge in [-0.1, -0.05) is 49.8 Å². The van der Waals surface area contributed by atoms with Crippen LogP contribution in [0.25, 0.3) is 11.2 Å². The van der Waals surface area contributed by atoms with Crippen LogP contribution < -0.4 is 5.73 Å². The highest BCUT2D eigenvalue weighted by molar-refractivity contribution is 5.81. The van der Waals surface area contributed by atoms with Gasteiger partial charge in [0.1, 0.15) is 11.8 Å². The molecule has 2 aromatic heterocycles. The van der Waals surface area contributed by atoms with Crippen LogP contribution in [0.2, 0.25) is 0 Å². The zero-order valence-corrected chi connectivity index (χ0v) is 15.4. The van der Waals surface area contributed by atoms with E-state index in [2.05, 4.69) is 63.4 Å². The first kappa shape index (κ1) is 18.1. The van der Waals surface area contributed by atoms with Gasteiger partial charge in [0, 0.05) is 6.04 Å². The lowest BCUT2D eigenvalue weighted by molar-refractivity contribution is 0.325. The second-order valence-corrected chi connectivity index (χ2v) is 6.89.